The number of ether oxygens (including phenoxy) is 2. The smallest absolute Gasteiger partial charge is 0.229 e. The van der Waals surface area contributed by atoms with Gasteiger partial charge in [-0.3, -0.25) is 4.79 Å². The van der Waals surface area contributed by atoms with Crippen LogP contribution in [0, 0.1) is 5.92 Å². The second-order valence-electron chi connectivity index (χ2n) is 7.51. The molecule has 31 heavy (non-hydrogen) atoms. The van der Waals surface area contributed by atoms with Gasteiger partial charge < -0.3 is 19.7 Å². The Morgan fingerprint density at radius 2 is 1.61 bits per heavy atom. The number of hydrogen-bond donors (Lipinski definition) is 1. The van der Waals surface area contributed by atoms with Gasteiger partial charge in [0.2, 0.25) is 5.91 Å². The average Bonchev–Trinajstić information content (AvgIpc) is 2.85. The third-order valence-electron chi connectivity index (χ3n) is 5.51. The van der Waals surface area contributed by atoms with Crippen molar-refractivity contribution in [1.82, 2.24) is 10.2 Å². The first kappa shape index (κ1) is 20.7. The summed E-state index contributed by atoms with van der Waals surface area (Å²) >= 11 is 0. The highest BCUT2D eigenvalue weighted by Gasteiger charge is 2.27. The summed E-state index contributed by atoms with van der Waals surface area (Å²) in [5, 5.41) is 11.8. The SMILES string of the molecule is COc1ccc(NC(=O)C2CCCN(c3ccc(-c4ccc(OC)cc4)nn3)C2)cc1. The van der Waals surface area contributed by atoms with Crippen molar-refractivity contribution in [1.29, 1.82) is 0 Å². The third-order valence-corrected chi connectivity index (χ3v) is 5.51. The van der Waals surface area contributed by atoms with Crippen LogP contribution in [0.4, 0.5) is 11.5 Å². The molecule has 1 N–H and O–H groups in total. The summed E-state index contributed by atoms with van der Waals surface area (Å²) in [4.78, 5) is 14.9. The van der Waals surface area contributed by atoms with Crippen LogP contribution in [-0.2, 0) is 4.79 Å². The number of aromatic nitrogens is 2. The van der Waals surface area contributed by atoms with Gasteiger partial charge in [-0.1, -0.05) is 0 Å². The second-order valence-corrected chi connectivity index (χ2v) is 7.51. The number of benzene rings is 2. The summed E-state index contributed by atoms with van der Waals surface area (Å²) in [6.07, 6.45) is 1.79. The van der Waals surface area contributed by atoms with Gasteiger partial charge >= 0.3 is 0 Å². The van der Waals surface area contributed by atoms with E-state index in [-0.39, 0.29) is 11.8 Å². The summed E-state index contributed by atoms with van der Waals surface area (Å²) in [5.41, 5.74) is 2.55. The lowest BCUT2D eigenvalue weighted by molar-refractivity contribution is -0.120. The highest BCUT2D eigenvalue weighted by Crippen LogP contribution is 2.25. The van der Waals surface area contributed by atoms with Crippen molar-refractivity contribution in [3.8, 4) is 22.8 Å². The molecule has 7 heteroatoms. The van der Waals surface area contributed by atoms with E-state index in [2.05, 4.69) is 20.4 Å². The van der Waals surface area contributed by atoms with Crippen molar-refractivity contribution in [3.63, 3.8) is 0 Å². The largest absolute Gasteiger partial charge is 0.497 e. The predicted octanol–water partition coefficient (Wildman–Crippen LogP) is 4.02. The van der Waals surface area contributed by atoms with Crippen LogP contribution >= 0.6 is 0 Å². The van der Waals surface area contributed by atoms with Gasteiger partial charge in [-0.25, -0.2) is 0 Å². The Kier molecular flexibility index (Phi) is 6.31. The standard InChI is InChI=1S/C24H26N4O3/c1-30-20-9-5-17(6-10-20)22-13-14-23(27-26-22)28-15-3-4-18(16-28)24(29)25-19-7-11-21(31-2)12-8-19/h5-14,18H,3-4,15-16H2,1-2H3,(H,25,29). The maximum atomic E-state index is 12.8. The monoisotopic (exact) mass is 418 g/mol. The molecular weight excluding hydrogens is 392 g/mol. The number of piperidine rings is 1. The second kappa shape index (κ2) is 9.47. The minimum atomic E-state index is -0.0982. The molecule has 7 nitrogen and oxygen atoms in total. The molecule has 1 saturated heterocycles. The van der Waals surface area contributed by atoms with Gasteiger partial charge in [0.25, 0.3) is 0 Å². The van der Waals surface area contributed by atoms with Crippen molar-refractivity contribution in [2.45, 2.75) is 12.8 Å². The van der Waals surface area contributed by atoms with Crippen molar-refractivity contribution < 1.29 is 14.3 Å². The molecule has 1 amide bonds. The molecular formula is C24H26N4O3. The van der Waals surface area contributed by atoms with Crippen LogP contribution in [-0.4, -0.2) is 43.4 Å². The number of methoxy groups -OCH3 is 2. The van der Waals surface area contributed by atoms with Crippen LogP contribution in [0.2, 0.25) is 0 Å². The van der Waals surface area contributed by atoms with Gasteiger partial charge in [0.15, 0.2) is 5.82 Å². The molecule has 1 fully saturated rings. The number of nitrogens with one attached hydrogen (secondary N) is 1. The lowest BCUT2D eigenvalue weighted by Crippen LogP contribution is -2.41. The van der Waals surface area contributed by atoms with E-state index in [1.165, 1.54) is 0 Å². The molecule has 160 valence electrons. The quantitative estimate of drug-likeness (QED) is 0.652. The number of amides is 1. The van der Waals surface area contributed by atoms with Crippen LogP contribution in [0.1, 0.15) is 12.8 Å². The Morgan fingerprint density at radius 3 is 2.23 bits per heavy atom. The lowest BCUT2D eigenvalue weighted by atomic mass is 9.97. The molecule has 1 unspecified atom stereocenters. The van der Waals surface area contributed by atoms with Crippen LogP contribution < -0.4 is 19.7 Å². The molecule has 1 aliphatic heterocycles. The molecule has 0 radical (unpaired) electrons. The molecule has 4 rings (SSSR count). The third kappa shape index (κ3) is 4.94. The maximum absolute atomic E-state index is 12.8. The molecule has 1 aromatic heterocycles. The van der Waals surface area contributed by atoms with Crippen molar-refractivity contribution in [3.05, 3.63) is 60.7 Å². The molecule has 3 aromatic rings. The van der Waals surface area contributed by atoms with Crippen LogP contribution in [0.3, 0.4) is 0 Å². The fourth-order valence-electron chi connectivity index (χ4n) is 3.73. The maximum Gasteiger partial charge on any atom is 0.229 e. The Bertz CT molecular complexity index is 1000. The molecule has 0 aliphatic carbocycles. The van der Waals surface area contributed by atoms with Gasteiger partial charge in [0, 0.05) is 24.3 Å². The fourth-order valence-corrected chi connectivity index (χ4v) is 3.73. The van der Waals surface area contributed by atoms with E-state index in [1.54, 1.807) is 14.2 Å². The molecule has 2 aromatic carbocycles. The lowest BCUT2D eigenvalue weighted by Gasteiger charge is -2.32. The van der Waals surface area contributed by atoms with Crippen molar-refractivity contribution >= 4 is 17.4 Å². The van der Waals surface area contributed by atoms with Gasteiger partial charge in [-0.15, -0.1) is 10.2 Å². The zero-order valence-electron chi connectivity index (χ0n) is 17.7. The summed E-state index contributed by atoms with van der Waals surface area (Å²) in [7, 11) is 3.27. The predicted molar refractivity (Wildman–Crippen MR) is 121 cm³/mol. The zero-order chi connectivity index (χ0) is 21.6. The first-order valence-corrected chi connectivity index (χ1v) is 10.3. The first-order valence-electron chi connectivity index (χ1n) is 10.3. The minimum Gasteiger partial charge on any atom is -0.497 e. The van der Waals surface area contributed by atoms with E-state index in [1.807, 2.05) is 60.7 Å². The van der Waals surface area contributed by atoms with Gasteiger partial charge in [0.1, 0.15) is 11.5 Å². The molecule has 0 bridgehead atoms. The Hall–Kier alpha value is -3.61. The van der Waals surface area contributed by atoms with Crippen LogP contribution in [0.25, 0.3) is 11.3 Å². The Labute approximate surface area is 182 Å². The number of nitrogens with zero attached hydrogens (tertiary/aromatic N) is 3. The van der Waals surface area contributed by atoms with Gasteiger partial charge in [0.05, 0.1) is 25.8 Å². The number of rotatable bonds is 6. The Morgan fingerprint density at radius 1 is 0.935 bits per heavy atom. The van der Waals surface area contributed by atoms with E-state index in [0.29, 0.717) is 6.54 Å². The van der Waals surface area contributed by atoms with Crippen LogP contribution in [0.5, 0.6) is 11.5 Å². The minimum absolute atomic E-state index is 0.0256. The number of anilines is 2. The summed E-state index contributed by atoms with van der Waals surface area (Å²) in [6.45, 7) is 1.49. The zero-order valence-corrected chi connectivity index (χ0v) is 17.7. The van der Waals surface area contributed by atoms with Crippen molar-refractivity contribution in [2.75, 3.05) is 37.5 Å². The average molecular weight is 418 g/mol. The van der Waals surface area contributed by atoms with Crippen LogP contribution in [0.15, 0.2) is 60.7 Å². The summed E-state index contributed by atoms with van der Waals surface area (Å²) in [6, 6.07) is 19.0. The van der Waals surface area contributed by atoms with E-state index in [9.17, 15) is 4.79 Å². The highest BCUT2D eigenvalue weighted by atomic mass is 16.5. The summed E-state index contributed by atoms with van der Waals surface area (Å²) < 4.78 is 10.4. The summed E-state index contributed by atoms with van der Waals surface area (Å²) in [5.74, 6) is 2.29. The van der Waals surface area contributed by atoms with Gasteiger partial charge in [-0.05, 0) is 73.5 Å². The molecule has 2 heterocycles. The van der Waals surface area contributed by atoms with E-state index in [0.717, 1.165) is 53.6 Å². The molecule has 0 spiro atoms. The van der Waals surface area contributed by atoms with E-state index < -0.39 is 0 Å². The number of hydrogen-bond acceptors (Lipinski definition) is 6. The van der Waals surface area contributed by atoms with E-state index in [4.69, 9.17) is 9.47 Å². The Balaban J connectivity index is 1.39. The highest BCUT2D eigenvalue weighted by molar-refractivity contribution is 5.93. The van der Waals surface area contributed by atoms with E-state index >= 15 is 0 Å². The fraction of sp³-hybridized carbons (Fsp3) is 0.292. The molecule has 0 saturated carbocycles. The molecule has 1 aliphatic rings. The van der Waals surface area contributed by atoms with Gasteiger partial charge in [-0.2, -0.15) is 0 Å². The first-order chi connectivity index (χ1) is 15.2. The number of carbonyl (C=O) groups excluding carboxylic acids is 1. The normalized spacial score (nSPS) is 15.9. The van der Waals surface area contributed by atoms with Crippen molar-refractivity contribution in [2.24, 2.45) is 5.92 Å². The number of carbonyl (C=O) groups is 1. The topological polar surface area (TPSA) is 76.6 Å². The molecule has 1 atom stereocenters.